The van der Waals surface area contributed by atoms with Crippen molar-refractivity contribution in [1.29, 1.82) is 0 Å². The lowest BCUT2D eigenvalue weighted by molar-refractivity contribution is 0.533. The molecule has 1 heterocycles. The third-order valence-corrected chi connectivity index (χ3v) is 2.33. The highest BCUT2D eigenvalue weighted by atomic mass is 32.1. The minimum atomic E-state index is 0.719. The average Bonchev–Trinajstić information content (AvgIpc) is 1.90. The smallest absolute Gasteiger partial charge is 0.0312 e. The molecule has 0 aromatic rings. The lowest BCUT2D eigenvalue weighted by atomic mass is 10.2. The molecular formula is C6H11NS. The Labute approximate surface area is 54.1 Å². The van der Waals surface area contributed by atoms with E-state index in [-0.39, 0.29) is 0 Å². The van der Waals surface area contributed by atoms with Crippen LogP contribution in [0.3, 0.4) is 0 Å². The molecule has 0 bridgehead atoms. The maximum absolute atomic E-state index is 5.39. The van der Waals surface area contributed by atoms with Crippen LogP contribution in [0, 0.1) is 5.69 Å². The van der Waals surface area contributed by atoms with E-state index in [0.29, 0.717) is 0 Å². The molecule has 0 radical (unpaired) electrons. The quantitative estimate of drug-likeness (QED) is 0.515. The van der Waals surface area contributed by atoms with Crippen LogP contribution in [0.25, 0.3) is 0 Å². The zero-order valence-corrected chi connectivity index (χ0v) is 5.71. The topological polar surface area (TPSA) is 12.0 Å². The van der Waals surface area contributed by atoms with E-state index in [1.54, 1.807) is 0 Å². The van der Waals surface area contributed by atoms with E-state index in [2.05, 4.69) is 5.32 Å². The molecule has 1 aliphatic heterocycles. The van der Waals surface area contributed by atoms with Crippen LogP contribution in [0.1, 0.15) is 12.8 Å². The summed E-state index contributed by atoms with van der Waals surface area (Å²) in [6, 6.07) is 0. The van der Waals surface area contributed by atoms with Gasteiger partial charge in [0.25, 0.3) is 0 Å². The van der Waals surface area contributed by atoms with Gasteiger partial charge in [0.05, 0.1) is 0 Å². The van der Waals surface area contributed by atoms with Gasteiger partial charge in [0, 0.05) is 5.25 Å². The number of rotatable bonds is 0. The highest BCUT2D eigenvalue weighted by Crippen LogP contribution is 2.10. The van der Waals surface area contributed by atoms with Gasteiger partial charge in [-0.2, -0.15) is 0 Å². The molecule has 1 nitrogen and oxygen atoms in total. The molecule has 0 aromatic carbocycles. The fourth-order valence-electron chi connectivity index (χ4n) is 0.932. The first-order valence-corrected chi connectivity index (χ1v) is 3.94. The molecule has 0 aromatic heterocycles. The van der Waals surface area contributed by atoms with Gasteiger partial charge in [0.15, 0.2) is 0 Å². The molecule has 0 atom stereocenters. The zero-order chi connectivity index (χ0) is 5.82. The molecule has 0 aliphatic carbocycles. The van der Waals surface area contributed by atoms with Crippen molar-refractivity contribution >= 4 is 11.2 Å². The summed E-state index contributed by atoms with van der Waals surface area (Å²) in [5.74, 6) is 0. The molecule has 1 aliphatic rings. The second-order valence-electron chi connectivity index (χ2n) is 2.09. The van der Waals surface area contributed by atoms with Crippen molar-refractivity contribution in [1.82, 2.24) is 5.32 Å². The van der Waals surface area contributed by atoms with Crippen LogP contribution in [0.4, 0.5) is 0 Å². The molecule has 0 amide bonds. The van der Waals surface area contributed by atoms with Crippen LogP contribution in [0.5, 0.6) is 0 Å². The molecule has 1 fully saturated rings. The van der Waals surface area contributed by atoms with Gasteiger partial charge in [-0.25, -0.2) is 0 Å². The average molecular weight is 129 g/mol. The molecule has 2 heteroatoms. The summed E-state index contributed by atoms with van der Waals surface area (Å²) >= 11 is 1.51. The molecule has 0 spiro atoms. The van der Waals surface area contributed by atoms with E-state index in [1.807, 2.05) is 0 Å². The Morgan fingerprint density at radius 3 is 2.38 bits per heavy atom. The van der Waals surface area contributed by atoms with Gasteiger partial charge in [0.2, 0.25) is 0 Å². The van der Waals surface area contributed by atoms with E-state index in [1.165, 1.54) is 24.0 Å². The Bertz CT molecular complexity index is 99.6. The first-order valence-electron chi connectivity index (χ1n) is 3.00. The largest absolute Gasteiger partial charge is 0.317 e. The van der Waals surface area contributed by atoms with Gasteiger partial charge in [-0.3, -0.25) is 0 Å². The van der Waals surface area contributed by atoms with E-state index in [0.717, 1.165) is 18.3 Å². The van der Waals surface area contributed by atoms with E-state index in [9.17, 15) is 0 Å². The first kappa shape index (κ1) is 6.09. The minimum absolute atomic E-state index is 0.719. The van der Waals surface area contributed by atoms with Crippen LogP contribution in [0.2, 0.25) is 0 Å². The number of hydrogen-bond donors (Lipinski definition) is 1. The van der Waals surface area contributed by atoms with Gasteiger partial charge in [-0.15, -0.1) is 16.9 Å². The zero-order valence-electron chi connectivity index (χ0n) is 4.89. The Morgan fingerprint density at radius 1 is 1.38 bits per heavy atom. The van der Waals surface area contributed by atoms with Crippen LogP contribution >= 0.6 is 11.2 Å². The second-order valence-corrected chi connectivity index (χ2v) is 3.02. The fourth-order valence-corrected chi connectivity index (χ4v) is 1.44. The Kier molecular flexibility index (Phi) is 2.34. The van der Waals surface area contributed by atoms with Crippen molar-refractivity contribution in [2.24, 2.45) is 0 Å². The van der Waals surface area contributed by atoms with Crippen LogP contribution in [-0.2, 0) is 0 Å². The van der Waals surface area contributed by atoms with Crippen molar-refractivity contribution in [2.75, 3.05) is 13.1 Å². The predicted octanol–water partition coefficient (Wildman–Crippen LogP) is 1.06. The summed E-state index contributed by atoms with van der Waals surface area (Å²) in [6.07, 6.45) is 2.47. The van der Waals surface area contributed by atoms with Gasteiger partial charge >= 0.3 is 0 Å². The summed E-state index contributed by atoms with van der Waals surface area (Å²) in [7, 11) is 0. The maximum atomic E-state index is 5.39. The standard InChI is InChI=1S/C6H11NS/c1-8-6-2-4-7-5-3-6/h1,6-7H,2-5H2. The normalized spacial score (nSPS) is 22.9. The molecule has 0 unspecified atom stereocenters. The van der Waals surface area contributed by atoms with Crippen molar-refractivity contribution in [3.8, 4) is 5.69 Å². The van der Waals surface area contributed by atoms with Crippen LogP contribution < -0.4 is 5.32 Å². The van der Waals surface area contributed by atoms with Crippen molar-refractivity contribution in [3.63, 3.8) is 0 Å². The van der Waals surface area contributed by atoms with Gasteiger partial charge in [0.1, 0.15) is 0 Å². The first-order chi connectivity index (χ1) is 3.93. The summed E-state index contributed by atoms with van der Waals surface area (Å²) in [4.78, 5) is 0. The molecule has 1 N–H and O–H groups in total. The van der Waals surface area contributed by atoms with Gasteiger partial charge in [-0.05, 0) is 25.9 Å². The SMILES string of the molecule is C#SC1CCNCC1. The number of hydrogen-bond acceptors (Lipinski definition) is 1. The lowest BCUT2D eigenvalue weighted by Gasteiger charge is -2.16. The summed E-state index contributed by atoms with van der Waals surface area (Å²) in [5.41, 5.74) is 5.39. The summed E-state index contributed by atoms with van der Waals surface area (Å²) < 4.78 is 0. The predicted molar refractivity (Wildman–Crippen MR) is 38.4 cm³/mol. The Balaban J connectivity index is 2.25. The summed E-state index contributed by atoms with van der Waals surface area (Å²) in [5, 5.41) is 4.00. The molecular weight excluding hydrogens is 118 g/mol. The molecule has 46 valence electrons. The highest BCUT2D eigenvalue weighted by Gasteiger charge is 2.08. The maximum Gasteiger partial charge on any atom is 0.0312 e. The van der Waals surface area contributed by atoms with Crippen molar-refractivity contribution in [3.05, 3.63) is 0 Å². The number of piperidine rings is 1. The van der Waals surface area contributed by atoms with E-state index >= 15 is 0 Å². The lowest BCUT2D eigenvalue weighted by Crippen LogP contribution is -2.28. The van der Waals surface area contributed by atoms with Crippen molar-refractivity contribution in [2.45, 2.75) is 18.1 Å². The molecule has 1 saturated heterocycles. The van der Waals surface area contributed by atoms with Crippen LogP contribution in [-0.4, -0.2) is 18.3 Å². The molecule has 8 heavy (non-hydrogen) atoms. The third kappa shape index (κ3) is 1.48. The fraction of sp³-hybridized carbons (Fsp3) is 0.833. The minimum Gasteiger partial charge on any atom is -0.317 e. The summed E-state index contributed by atoms with van der Waals surface area (Å²) in [6.45, 7) is 2.30. The highest BCUT2D eigenvalue weighted by molar-refractivity contribution is 7.88. The van der Waals surface area contributed by atoms with Crippen molar-refractivity contribution < 1.29 is 0 Å². The van der Waals surface area contributed by atoms with E-state index < -0.39 is 0 Å². The Hall–Kier alpha value is -0.0400. The third-order valence-electron chi connectivity index (χ3n) is 1.48. The van der Waals surface area contributed by atoms with Gasteiger partial charge < -0.3 is 5.32 Å². The molecule has 1 rings (SSSR count). The van der Waals surface area contributed by atoms with Crippen LogP contribution in [0.15, 0.2) is 0 Å². The van der Waals surface area contributed by atoms with Gasteiger partial charge in [-0.1, -0.05) is 0 Å². The molecule has 0 saturated carbocycles. The number of nitrogens with one attached hydrogen (secondary N) is 1. The monoisotopic (exact) mass is 129 g/mol. The van der Waals surface area contributed by atoms with E-state index in [4.69, 9.17) is 5.69 Å². The second kappa shape index (κ2) is 3.08. The Morgan fingerprint density at radius 2 is 2.00 bits per heavy atom.